The van der Waals surface area contributed by atoms with Gasteiger partial charge in [-0.2, -0.15) is 0 Å². The molecule has 0 aliphatic rings. The van der Waals surface area contributed by atoms with Gasteiger partial charge in [-0.3, -0.25) is 14.2 Å². The third-order valence-corrected chi connectivity index (χ3v) is 17.2. The molecule has 1 amide bonds. The quantitative estimate of drug-likeness (QED) is 0.0212. The van der Waals surface area contributed by atoms with Gasteiger partial charge in [0.25, 0.3) is 7.82 Å². The van der Waals surface area contributed by atoms with Crippen molar-refractivity contribution in [1.29, 1.82) is 0 Å². The summed E-state index contributed by atoms with van der Waals surface area (Å²) in [6.45, 7) is 6.75. The number of carbonyl (C=O) groups excluding carboxylic acids is 2. The Kier molecular flexibility index (Phi) is 64.5. The van der Waals surface area contributed by atoms with Crippen LogP contribution in [0.5, 0.6) is 0 Å². The summed E-state index contributed by atoms with van der Waals surface area (Å²) in [6, 6.07) is -0.897. The van der Waals surface area contributed by atoms with Gasteiger partial charge in [-0.05, 0) is 109 Å². The topological polar surface area (TPSA) is 114 Å². The Hall–Kier alpha value is -3.07. The molecule has 0 rings (SSSR count). The molecule has 0 aliphatic heterocycles. The lowest BCUT2D eigenvalue weighted by Crippen LogP contribution is -2.47. The molecule has 0 bridgehead atoms. The van der Waals surface area contributed by atoms with E-state index in [4.69, 9.17) is 13.8 Å². The molecule has 0 saturated carbocycles. The standard InChI is InChI=1S/C78H141N2O7P/c1-7-10-13-16-19-22-25-28-30-32-34-36-38-39-40-41-43-45-47-49-51-53-56-59-62-65-68-71-78(82)87-76(69-66-63-60-57-54-27-24-21-18-15-12-9-3)75(74-86-88(83,84)85-73-72-80(4,5)6)79-77(81)70-67-64-61-58-55-52-50-48-46-44-42-37-35-33-31-29-26-23-20-17-14-11-8-2/h10,13,19,22,28-31,34,36,39-40,43,45,66,69,75-76H,7-9,11-12,14-18,20-21,23-27,32-33,35,37-38,41-42,44,46-65,67-68,70-74H2,1-6H3,(H-,79,81,83,84)/b13-10-,22-19-,30-28-,31-29+,36-34-,40-39-,45-43-,69-66+. The largest absolute Gasteiger partial charge is 0.756 e. The second kappa shape index (κ2) is 66.8. The van der Waals surface area contributed by atoms with Crippen molar-refractivity contribution in [3.05, 3.63) is 97.2 Å². The number of rotatable bonds is 67. The average molecular weight is 1250 g/mol. The number of unbranched alkanes of at least 4 members (excludes halogenated alkanes) is 37. The normalized spacial score (nSPS) is 14.0. The van der Waals surface area contributed by atoms with Gasteiger partial charge in [0, 0.05) is 12.8 Å². The summed E-state index contributed by atoms with van der Waals surface area (Å²) in [5, 5.41) is 3.05. The van der Waals surface area contributed by atoms with Crippen molar-refractivity contribution >= 4 is 19.7 Å². The van der Waals surface area contributed by atoms with Gasteiger partial charge in [0.15, 0.2) is 0 Å². The van der Waals surface area contributed by atoms with Crippen LogP contribution >= 0.6 is 7.82 Å². The highest BCUT2D eigenvalue weighted by Crippen LogP contribution is 2.38. The molecule has 0 fully saturated rings. The Morgan fingerprint density at radius 2 is 0.727 bits per heavy atom. The summed E-state index contributed by atoms with van der Waals surface area (Å²) in [5.41, 5.74) is 0. The number of phosphoric acid groups is 1. The molecule has 0 aliphatic carbocycles. The third-order valence-electron chi connectivity index (χ3n) is 16.2. The van der Waals surface area contributed by atoms with E-state index in [-0.39, 0.29) is 24.9 Å². The SMILES string of the molecule is CC/C=C\C/C=C\C/C=C\C/C=C\C/C=C\C/C=C\CCCCCCCCCCC(=O)OC(/C=C/CCCCCCCCCCCC)C(COP(=O)([O-])OCC[N+](C)(C)C)NC(=O)CCCCCCCCCCCCCCC/C=C/CCCCCCCC. The highest BCUT2D eigenvalue weighted by atomic mass is 31.2. The minimum Gasteiger partial charge on any atom is -0.756 e. The van der Waals surface area contributed by atoms with Gasteiger partial charge in [0.1, 0.15) is 19.3 Å². The number of carbonyl (C=O) groups is 2. The molecule has 1 N–H and O–H groups in total. The number of ether oxygens (including phenoxy) is 1. The minimum absolute atomic E-state index is 0.0264. The number of nitrogens with zero attached hydrogens (tertiary/aromatic N) is 1. The number of quaternary nitrogens is 1. The van der Waals surface area contributed by atoms with E-state index >= 15 is 0 Å². The van der Waals surface area contributed by atoms with E-state index in [0.717, 1.165) is 109 Å². The molecular weight excluding hydrogens is 1110 g/mol. The van der Waals surface area contributed by atoms with Crippen molar-refractivity contribution < 1.29 is 37.3 Å². The molecule has 0 radical (unpaired) electrons. The summed E-state index contributed by atoms with van der Waals surface area (Å²) in [5.74, 6) is -0.544. The number of hydrogen-bond acceptors (Lipinski definition) is 7. The molecule has 0 aromatic heterocycles. The lowest BCUT2D eigenvalue weighted by atomic mass is 10.0. The molecule has 0 saturated heterocycles. The predicted molar refractivity (Wildman–Crippen MR) is 381 cm³/mol. The van der Waals surface area contributed by atoms with Crippen LogP contribution in [0.2, 0.25) is 0 Å². The highest BCUT2D eigenvalue weighted by Gasteiger charge is 2.27. The van der Waals surface area contributed by atoms with E-state index < -0.39 is 26.6 Å². The van der Waals surface area contributed by atoms with Crippen molar-refractivity contribution in [3.8, 4) is 0 Å². The van der Waals surface area contributed by atoms with Gasteiger partial charge in [-0.1, -0.05) is 311 Å². The molecule has 3 atom stereocenters. The summed E-state index contributed by atoms with van der Waals surface area (Å²) < 4.78 is 30.5. The van der Waals surface area contributed by atoms with E-state index in [2.05, 4.69) is 111 Å². The number of likely N-dealkylation sites (N-methyl/N-ethyl adjacent to an activating group) is 1. The minimum atomic E-state index is -4.71. The number of amides is 1. The molecule has 9 nitrogen and oxygen atoms in total. The molecule has 0 spiro atoms. The average Bonchev–Trinajstić information content (AvgIpc) is 3.61. The van der Waals surface area contributed by atoms with Gasteiger partial charge in [-0.25, -0.2) is 0 Å². The van der Waals surface area contributed by atoms with Crippen LogP contribution in [-0.4, -0.2) is 69.4 Å². The van der Waals surface area contributed by atoms with Crippen LogP contribution in [0.15, 0.2) is 97.2 Å². The highest BCUT2D eigenvalue weighted by molar-refractivity contribution is 7.45. The van der Waals surface area contributed by atoms with Crippen LogP contribution in [-0.2, 0) is 27.9 Å². The molecule has 88 heavy (non-hydrogen) atoms. The zero-order chi connectivity index (χ0) is 64.2. The Balaban J connectivity index is 5.04. The van der Waals surface area contributed by atoms with Crippen LogP contribution in [0.4, 0.5) is 0 Å². The molecule has 3 unspecified atom stereocenters. The lowest BCUT2D eigenvalue weighted by Gasteiger charge is -2.30. The summed E-state index contributed by atoms with van der Waals surface area (Å²) in [4.78, 5) is 40.2. The zero-order valence-electron chi connectivity index (χ0n) is 58.4. The van der Waals surface area contributed by atoms with Crippen molar-refractivity contribution in [2.75, 3.05) is 40.9 Å². The first-order valence-electron chi connectivity index (χ1n) is 37.0. The monoisotopic (exact) mass is 1250 g/mol. The Morgan fingerprint density at radius 3 is 1.10 bits per heavy atom. The fourth-order valence-corrected chi connectivity index (χ4v) is 11.3. The number of nitrogens with one attached hydrogen (secondary N) is 1. The van der Waals surface area contributed by atoms with E-state index in [1.807, 2.05) is 33.3 Å². The van der Waals surface area contributed by atoms with Crippen molar-refractivity contribution in [2.45, 2.75) is 348 Å². The van der Waals surface area contributed by atoms with E-state index in [1.165, 1.54) is 193 Å². The second-order valence-corrected chi connectivity index (χ2v) is 27.5. The molecule has 0 aromatic rings. The lowest BCUT2D eigenvalue weighted by molar-refractivity contribution is -0.870. The molecule has 510 valence electrons. The van der Waals surface area contributed by atoms with E-state index in [1.54, 1.807) is 0 Å². The Morgan fingerprint density at radius 1 is 0.409 bits per heavy atom. The van der Waals surface area contributed by atoms with Crippen LogP contribution < -0.4 is 10.2 Å². The number of allylic oxidation sites excluding steroid dienone is 15. The first-order valence-corrected chi connectivity index (χ1v) is 38.5. The predicted octanol–water partition coefficient (Wildman–Crippen LogP) is 23.2. The number of phosphoric ester groups is 1. The van der Waals surface area contributed by atoms with Crippen molar-refractivity contribution in [3.63, 3.8) is 0 Å². The summed E-state index contributed by atoms with van der Waals surface area (Å²) in [7, 11) is 1.18. The fraction of sp³-hybridized carbons (Fsp3) is 0.769. The van der Waals surface area contributed by atoms with Crippen LogP contribution in [0, 0.1) is 0 Å². The van der Waals surface area contributed by atoms with Gasteiger partial charge >= 0.3 is 5.97 Å². The third kappa shape index (κ3) is 67.3. The second-order valence-electron chi connectivity index (χ2n) is 26.1. The maximum absolute atomic E-state index is 13.6. The van der Waals surface area contributed by atoms with E-state index in [0.29, 0.717) is 17.4 Å². The maximum atomic E-state index is 13.6. The maximum Gasteiger partial charge on any atom is 0.306 e. The van der Waals surface area contributed by atoms with Gasteiger partial charge in [0.2, 0.25) is 5.91 Å². The van der Waals surface area contributed by atoms with E-state index in [9.17, 15) is 19.0 Å². The van der Waals surface area contributed by atoms with Crippen LogP contribution in [0.3, 0.4) is 0 Å². The zero-order valence-corrected chi connectivity index (χ0v) is 59.3. The van der Waals surface area contributed by atoms with Gasteiger partial charge < -0.3 is 28.5 Å². The Labute approximate surface area is 545 Å². The first-order chi connectivity index (χ1) is 42.9. The van der Waals surface area contributed by atoms with Crippen LogP contribution in [0.1, 0.15) is 335 Å². The molecule has 0 aromatic carbocycles. The fourth-order valence-electron chi connectivity index (χ4n) is 10.6. The number of hydrogen-bond donors (Lipinski definition) is 1. The number of esters is 1. The van der Waals surface area contributed by atoms with Gasteiger partial charge in [0.05, 0.1) is 33.8 Å². The van der Waals surface area contributed by atoms with Gasteiger partial charge in [-0.15, -0.1) is 0 Å². The first kappa shape index (κ1) is 84.9. The van der Waals surface area contributed by atoms with Crippen molar-refractivity contribution in [2.24, 2.45) is 0 Å². The molecular formula is C78H141N2O7P. The smallest absolute Gasteiger partial charge is 0.306 e. The van der Waals surface area contributed by atoms with Crippen LogP contribution in [0.25, 0.3) is 0 Å². The molecule has 0 heterocycles. The van der Waals surface area contributed by atoms with Crippen molar-refractivity contribution in [1.82, 2.24) is 5.32 Å². The molecule has 10 heteroatoms. The Bertz CT molecular complexity index is 1830. The summed E-state index contributed by atoms with van der Waals surface area (Å²) in [6.07, 6.45) is 91.0. The summed E-state index contributed by atoms with van der Waals surface area (Å²) >= 11 is 0.